The van der Waals surface area contributed by atoms with Gasteiger partial charge < -0.3 is 18.9 Å². The third-order valence-corrected chi connectivity index (χ3v) is 3.91. The maximum absolute atomic E-state index is 5.97. The van der Waals surface area contributed by atoms with Crippen LogP contribution in [0.4, 0.5) is 0 Å². The standard InChI is InChI=1S/C15H24O4S/c1-3-5-7-18-15(19-8-6-4-2)11-16-13-9-20-10-14(13)17-12-15/h9-10H,3-8,11-12H2,1-2H3. The van der Waals surface area contributed by atoms with Crippen molar-refractivity contribution in [2.45, 2.75) is 45.3 Å². The first-order valence-corrected chi connectivity index (χ1v) is 8.33. The van der Waals surface area contributed by atoms with Gasteiger partial charge in [-0.3, -0.25) is 0 Å². The molecule has 2 rings (SSSR count). The van der Waals surface area contributed by atoms with Gasteiger partial charge in [0.2, 0.25) is 5.79 Å². The third-order valence-electron chi connectivity index (χ3n) is 3.21. The highest BCUT2D eigenvalue weighted by Crippen LogP contribution is 2.36. The van der Waals surface area contributed by atoms with Crippen molar-refractivity contribution in [3.8, 4) is 11.5 Å². The quantitative estimate of drug-likeness (QED) is 0.540. The van der Waals surface area contributed by atoms with Crippen molar-refractivity contribution < 1.29 is 18.9 Å². The Balaban J connectivity index is 1.97. The fraction of sp³-hybridized carbons (Fsp3) is 0.733. The van der Waals surface area contributed by atoms with Crippen molar-refractivity contribution in [1.29, 1.82) is 0 Å². The zero-order valence-electron chi connectivity index (χ0n) is 12.4. The van der Waals surface area contributed by atoms with Crippen molar-refractivity contribution in [3.05, 3.63) is 10.8 Å². The molecule has 0 aliphatic carbocycles. The second kappa shape index (κ2) is 7.86. The summed E-state index contributed by atoms with van der Waals surface area (Å²) in [4.78, 5) is 0. The lowest BCUT2D eigenvalue weighted by atomic mass is 10.3. The van der Waals surface area contributed by atoms with Gasteiger partial charge in [0.1, 0.15) is 13.2 Å². The Kier molecular flexibility index (Phi) is 6.13. The van der Waals surface area contributed by atoms with Crippen LogP contribution in [0.5, 0.6) is 11.5 Å². The van der Waals surface area contributed by atoms with Crippen LogP contribution in [0, 0.1) is 0 Å². The molecule has 20 heavy (non-hydrogen) atoms. The molecule has 0 radical (unpaired) electrons. The predicted octanol–water partition coefficient (Wildman–Crippen LogP) is 3.85. The molecule has 4 nitrogen and oxygen atoms in total. The zero-order valence-corrected chi connectivity index (χ0v) is 13.2. The van der Waals surface area contributed by atoms with E-state index in [9.17, 15) is 0 Å². The van der Waals surface area contributed by atoms with Gasteiger partial charge in [-0.2, -0.15) is 0 Å². The molecular weight excluding hydrogens is 276 g/mol. The third kappa shape index (κ3) is 4.11. The Morgan fingerprint density at radius 3 is 1.95 bits per heavy atom. The van der Waals surface area contributed by atoms with Crippen molar-refractivity contribution in [1.82, 2.24) is 0 Å². The Morgan fingerprint density at radius 1 is 1.00 bits per heavy atom. The van der Waals surface area contributed by atoms with Crippen LogP contribution in [0.3, 0.4) is 0 Å². The molecule has 114 valence electrons. The van der Waals surface area contributed by atoms with E-state index in [2.05, 4.69) is 13.8 Å². The van der Waals surface area contributed by atoms with Crippen molar-refractivity contribution >= 4 is 11.3 Å². The van der Waals surface area contributed by atoms with Gasteiger partial charge in [0.25, 0.3) is 0 Å². The highest BCUT2D eigenvalue weighted by atomic mass is 32.1. The lowest BCUT2D eigenvalue weighted by Gasteiger charge is -2.31. The van der Waals surface area contributed by atoms with Gasteiger partial charge >= 0.3 is 0 Å². The summed E-state index contributed by atoms with van der Waals surface area (Å²) in [6.07, 6.45) is 4.22. The minimum Gasteiger partial charge on any atom is -0.483 e. The van der Waals surface area contributed by atoms with Gasteiger partial charge in [-0.05, 0) is 12.8 Å². The van der Waals surface area contributed by atoms with E-state index in [0.717, 1.165) is 37.2 Å². The number of thiophene rings is 1. The zero-order chi connectivity index (χ0) is 14.3. The second-order valence-electron chi connectivity index (χ2n) is 4.99. The van der Waals surface area contributed by atoms with Crippen LogP contribution in [0.15, 0.2) is 10.8 Å². The summed E-state index contributed by atoms with van der Waals surface area (Å²) in [6, 6.07) is 0. The number of unbranched alkanes of at least 4 members (excludes halogenated alkanes) is 2. The monoisotopic (exact) mass is 300 g/mol. The summed E-state index contributed by atoms with van der Waals surface area (Å²) >= 11 is 1.58. The summed E-state index contributed by atoms with van der Waals surface area (Å²) in [5.74, 6) is 0.797. The normalized spacial score (nSPS) is 16.9. The fourth-order valence-corrected chi connectivity index (χ4v) is 2.60. The number of fused-ring (bicyclic) bond motifs is 1. The van der Waals surface area contributed by atoms with Gasteiger partial charge in [-0.25, -0.2) is 0 Å². The number of hydrogen-bond donors (Lipinski definition) is 0. The molecule has 0 spiro atoms. The van der Waals surface area contributed by atoms with E-state index in [1.165, 1.54) is 0 Å². The highest BCUT2D eigenvalue weighted by molar-refractivity contribution is 7.08. The van der Waals surface area contributed by atoms with E-state index in [4.69, 9.17) is 18.9 Å². The SMILES string of the molecule is CCCCOC1(OCCCC)COc2cscc2OC1. The van der Waals surface area contributed by atoms with Crippen molar-refractivity contribution in [2.24, 2.45) is 0 Å². The van der Waals surface area contributed by atoms with Crippen LogP contribution >= 0.6 is 11.3 Å². The van der Waals surface area contributed by atoms with Crippen LogP contribution in [0.25, 0.3) is 0 Å². The predicted molar refractivity (Wildman–Crippen MR) is 79.8 cm³/mol. The van der Waals surface area contributed by atoms with Gasteiger partial charge in [-0.1, -0.05) is 26.7 Å². The first kappa shape index (κ1) is 15.6. The average molecular weight is 300 g/mol. The van der Waals surface area contributed by atoms with Gasteiger partial charge in [-0.15, -0.1) is 11.3 Å². The van der Waals surface area contributed by atoms with E-state index < -0.39 is 5.79 Å². The number of hydrogen-bond acceptors (Lipinski definition) is 5. The van der Waals surface area contributed by atoms with Crippen molar-refractivity contribution in [2.75, 3.05) is 26.4 Å². The van der Waals surface area contributed by atoms with E-state index >= 15 is 0 Å². The molecule has 1 aromatic heterocycles. The molecule has 2 heterocycles. The van der Waals surface area contributed by atoms with E-state index in [1.54, 1.807) is 11.3 Å². The van der Waals surface area contributed by atoms with E-state index in [1.807, 2.05) is 10.8 Å². The summed E-state index contributed by atoms with van der Waals surface area (Å²) < 4.78 is 23.5. The Labute approximate surface area is 125 Å². The molecular formula is C15H24O4S. The molecule has 1 aliphatic heterocycles. The largest absolute Gasteiger partial charge is 0.483 e. The van der Waals surface area contributed by atoms with Gasteiger partial charge in [0.05, 0.1) is 13.2 Å². The molecule has 0 saturated carbocycles. The minimum absolute atomic E-state index is 0.379. The Bertz CT molecular complexity index is 356. The smallest absolute Gasteiger partial charge is 0.238 e. The molecule has 0 aromatic carbocycles. The van der Waals surface area contributed by atoms with Crippen LogP contribution < -0.4 is 9.47 Å². The van der Waals surface area contributed by atoms with Gasteiger partial charge in [0.15, 0.2) is 11.5 Å². The lowest BCUT2D eigenvalue weighted by molar-refractivity contribution is -0.260. The van der Waals surface area contributed by atoms with E-state index in [-0.39, 0.29) is 0 Å². The summed E-state index contributed by atoms with van der Waals surface area (Å²) in [7, 11) is 0. The molecule has 0 unspecified atom stereocenters. The average Bonchev–Trinajstić information content (AvgIpc) is 2.84. The van der Waals surface area contributed by atoms with E-state index in [0.29, 0.717) is 26.4 Å². The molecule has 0 bridgehead atoms. The Morgan fingerprint density at radius 2 is 1.50 bits per heavy atom. The summed E-state index contributed by atoms with van der Waals surface area (Å²) in [5, 5.41) is 3.90. The molecule has 1 aliphatic rings. The molecule has 0 fully saturated rings. The van der Waals surface area contributed by atoms with Crippen LogP contribution in [0.1, 0.15) is 39.5 Å². The molecule has 1 aromatic rings. The minimum atomic E-state index is -0.777. The molecule has 0 saturated heterocycles. The topological polar surface area (TPSA) is 36.9 Å². The lowest BCUT2D eigenvalue weighted by Crippen LogP contribution is -2.47. The first-order valence-electron chi connectivity index (χ1n) is 7.39. The second-order valence-corrected chi connectivity index (χ2v) is 5.74. The first-order chi connectivity index (χ1) is 9.79. The van der Waals surface area contributed by atoms with Crippen LogP contribution in [0.2, 0.25) is 0 Å². The number of rotatable bonds is 8. The Hall–Kier alpha value is -0.780. The van der Waals surface area contributed by atoms with Gasteiger partial charge in [0, 0.05) is 10.8 Å². The summed E-state index contributed by atoms with van der Waals surface area (Å²) in [5.41, 5.74) is 0. The molecule has 0 N–H and O–H groups in total. The maximum atomic E-state index is 5.97. The maximum Gasteiger partial charge on any atom is 0.238 e. The van der Waals surface area contributed by atoms with Crippen LogP contribution in [-0.2, 0) is 9.47 Å². The molecule has 5 heteroatoms. The molecule has 0 atom stereocenters. The van der Waals surface area contributed by atoms with Crippen molar-refractivity contribution in [3.63, 3.8) is 0 Å². The molecule has 0 amide bonds. The van der Waals surface area contributed by atoms with Crippen LogP contribution in [-0.4, -0.2) is 32.2 Å². The summed E-state index contributed by atoms with van der Waals surface area (Å²) in [6.45, 7) is 6.38. The fourth-order valence-electron chi connectivity index (χ4n) is 1.91. The highest BCUT2D eigenvalue weighted by Gasteiger charge is 2.37. The number of ether oxygens (including phenoxy) is 4.